The Bertz CT molecular complexity index is 1010. The number of fused-ring (bicyclic) bond motifs is 4. The molecule has 0 radical (unpaired) electrons. The Morgan fingerprint density at radius 1 is 1.07 bits per heavy atom. The van der Waals surface area contributed by atoms with Gasteiger partial charge in [-0.25, -0.2) is 0 Å². The van der Waals surface area contributed by atoms with Crippen molar-refractivity contribution in [3.63, 3.8) is 0 Å². The fourth-order valence-electron chi connectivity index (χ4n) is 5.34. The van der Waals surface area contributed by atoms with Crippen LogP contribution in [0.2, 0.25) is 0 Å². The van der Waals surface area contributed by atoms with Gasteiger partial charge in [0, 0.05) is 11.0 Å². The van der Waals surface area contributed by atoms with Crippen LogP contribution in [-0.4, -0.2) is 17.1 Å². The normalized spacial score (nSPS) is 27.2. The van der Waals surface area contributed by atoms with E-state index >= 15 is 0 Å². The topological polar surface area (TPSA) is 105 Å². The lowest BCUT2D eigenvalue weighted by Crippen LogP contribution is -2.31. The van der Waals surface area contributed by atoms with Crippen LogP contribution >= 0.6 is 0 Å². The van der Waals surface area contributed by atoms with Crippen molar-refractivity contribution in [3.8, 4) is 5.75 Å². The number of rotatable bonds is 4. The minimum absolute atomic E-state index is 0.0170. The lowest BCUT2D eigenvalue weighted by atomic mass is 9.71. The number of nitro groups is 1. The first kappa shape index (κ1) is 19.2. The number of nitro benzene ring substituents is 1. The third-order valence-corrected chi connectivity index (χ3v) is 6.60. The minimum Gasteiger partial charge on any atom is -0.490 e. The van der Waals surface area contributed by atoms with Gasteiger partial charge in [0.15, 0.2) is 5.75 Å². The second-order valence-electron chi connectivity index (χ2n) is 8.15. The van der Waals surface area contributed by atoms with Crippen LogP contribution in [-0.2, 0) is 11.3 Å². The molecule has 152 valence electrons. The van der Waals surface area contributed by atoms with Crippen LogP contribution in [0.1, 0.15) is 60.5 Å². The van der Waals surface area contributed by atoms with Crippen molar-refractivity contribution in [2.75, 3.05) is 7.11 Å². The fourth-order valence-corrected chi connectivity index (χ4v) is 5.34. The van der Waals surface area contributed by atoms with Crippen LogP contribution in [0.5, 0.6) is 5.75 Å². The van der Waals surface area contributed by atoms with Gasteiger partial charge in [-0.3, -0.25) is 10.1 Å². The summed E-state index contributed by atoms with van der Waals surface area (Å²) in [6, 6.07) is 11.1. The lowest BCUT2D eigenvalue weighted by Gasteiger charge is -2.35. The summed E-state index contributed by atoms with van der Waals surface area (Å²) in [5, 5.41) is 22.5. The van der Waals surface area contributed by atoms with Gasteiger partial charge in [0.2, 0.25) is 0 Å². The highest BCUT2D eigenvalue weighted by Gasteiger charge is 2.54. The molecule has 8 heteroatoms. The Morgan fingerprint density at radius 3 is 2.38 bits per heavy atom. The molecule has 0 amide bonds. The van der Waals surface area contributed by atoms with Crippen LogP contribution < -0.4 is 4.74 Å². The van der Waals surface area contributed by atoms with Crippen LogP contribution in [0.25, 0.3) is 0 Å². The molecule has 2 aliphatic rings. The molecule has 0 bridgehead atoms. The molecule has 0 fully saturated rings. The molecular weight excluding hydrogens is 376 g/mol. The fraction of sp³-hybridized carbons (Fsp3) is 0.429. The largest absolute Gasteiger partial charge is 0.490 e. The zero-order chi connectivity index (χ0) is 20.9. The number of hydrogen-bond donors (Lipinski definition) is 0. The molecule has 0 spiro atoms. The average Bonchev–Trinajstić information content (AvgIpc) is 2.81. The third kappa shape index (κ3) is 2.82. The Balaban J connectivity index is 1.94. The molecule has 4 rings (SSSR count). The maximum absolute atomic E-state index is 11.9. The van der Waals surface area contributed by atoms with Gasteiger partial charge in [0.05, 0.1) is 12.0 Å². The van der Waals surface area contributed by atoms with Gasteiger partial charge >= 0.3 is 5.69 Å². The standard InChI is InChI=1S/C21H22N2O6/c1-12-10-17-14-6-4-5-7-15(14)20(29-23(26)27)21(17,2)11-16-13(12)8-9-18(28-3)19(16)22(24)25/h4-9,12,17,20H,10-11H2,1-3H3. The van der Waals surface area contributed by atoms with E-state index in [0.717, 1.165) is 23.1 Å². The van der Waals surface area contributed by atoms with Gasteiger partial charge < -0.3 is 9.57 Å². The Hall–Kier alpha value is -3.16. The van der Waals surface area contributed by atoms with Crippen molar-refractivity contribution < 1.29 is 19.6 Å². The lowest BCUT2D eigenvalue weighted by molar-refractivity contribution is -0.774. The molecule has 0 N–H and O–H groups in total. The zero-order valence-corrected chi connectivity index (χ0v) is 16.5. The molecule has 4 atom stereocenters. The molecule has 29 heavy (non-hydrogen) atoms. The number of methoxy groups -OCH3 is 1. The van der Waals surface area contributed by atoms with E-state index in [9.17, 15) is 20.2 Å². The molecule has 4 unspecified atom stereocenters. The van der Waals surface area contributed by atoms with Crippen molar-refractivity contribution in [1.29, 1.82) is 0 Å². The number of hydrogen-bond acceptors (Lipinski definition) is 6. The first-order valence-corrected chi connectivity index (χ1v) is 9.52. The molecule has 0 saturated heterocycles. The van der Waals surface area contributed by atoms with Gasteiger partial charge in [0.1, 0.15) is 6.10 Å². The summed E-state index contributed by atoms with van der Waals surface area (Å²) in [6.07, 6.45) is 0.224. The van der Waals surface area contributed by atoms with E-state index in [4.69, 9.17) is 9.57 Å². The van der Waals surface area contributed by atoms with E-state index < -0.39 is 21.5 Å². The summed E-state index contributed by atoms with van der Waals surface area (Å²) in [5.41, 5.74) is 2.53. The molecule has 2 aliphatic carbocycles. The van der Waals surface area contributed by atoms with E-state index in [2.05, 4.69) is 0 Å². The zero-order valence-electron chi connectivity index (χ0n) is 16.5. The minimum atomic E-state index is -0.789. The number of benzene rings is 2. The molecule has 2 aromatic carbocycles. The predicted octanol–water partition coefficient (Wildman–Crippen LogP) is 4.71. The summed E-state index contributed by atoms with van der Waals surface area (Å²) < 4.78 is 5.27. The summed E-state index contributed by atoms with van der Waals surface area (Å²) in [7, 11) is 1.41. The smallest absolute Gasteiger partial charge is 0.314 e. The van der Waals surface area contributed by atoms with E-state index in [0.29, 0.717) is 5.56 Å². The van der Waals surface area contributed by atoms with Crippen LogP contribution in [0.3, 0.4) is 0 Å². The van der Waals surface area contributed by atoms with E-state index in [1.54, 1.807) is 6.07 Å². The van der Waals surface area contributed by atoms with Gasteiger partial charge in [-0.15, -0.1) is 10.1 Å². The van der Waals surface area contributed by atoms with Crippen LogP contribution in [0, 0.1) is 25.6 Å². The van der Waals surface area contributed by atoms with E-state index in [1.165, 1.54) is 7.11 Å². The summed E-state index contributed by atoms with van der Waals surface area (Å²) in [6.45, 7) is 3.99. The molecule has 0 aliphatic heterocycles. The highest BCUT2D eigenvalue weighted by molar-refractivity contribution is 5.59. The number of nitrogens with zero attached hydrogens (tertiary/aromatic N) is 2. The summed E-state index contributed by atoms with van der Waals surface area (Å²) in [4.78, 5) is 28.0. The quantitative estimate of drug-likeness (QED) is 0.546. The first-order chi connectivity index (χ1) is 13.8. The Morgan fingerprint density at radius 2 is 1.76 bits per heavy atom. The van der Waals surface area contributed by atoms with Gasteiger partial charge in [-0.2, -0.15) is 0 Å². The monoisotopic (exact) mass is 398 g/mol. The first-order valence-electron chi connectivity index (χ1n) is 9.52. The maximum Gasteiger partial charge on any atom is 0.314 e. The van der Waals surface area contributed by atoms with Crippen molar-refractivity contribution in [2.45, 2.75) is 44.6 Å². The Labute approximate surface area is 167 Å². The summed E-state index contributed by atoms with van der Waals surface area (Å²) >= 11 is 0. The molecule has 0 heterocycles. The van der Waals surface area contributed by atoms with Crippen molar-refractivity contribution in [2.24, 2.45) is 5.41 Å². The highest BCUT2D eigenvalue weighted by atomic mass is 17.0. The van der Waals surface area contributed by atoms with E-state index in [1.807, 2.05) is 44.2 Å². The molecule has 8 nitrogen and oxygen atoms in total. The second kappa shape index (κ2) is 6.72. The average molecular weight is 398 g/mol. The van der Waals surface area contributed by atoms with Crippen LogP contribution in [0.4, 0.5) is 5.69 Å². The molecular formula is C21H22N2O6. The van der Waals surface area contributed by atoms with Gasteiger partial charge in [-0.1, -0.05) is 44.2 Å². The molecule has 0 aromatic heterocycles. The molecule has 0 saturated carbocycles. The van der Waals surface area contributed by atoms with Crippen molar-refractivity contribution in [1.82, 2.24) is 0 Å². The van der Waals surface area contributed by atoms with Gasteiger partial charge in [0.25, 0.3) is 5.09 Å². The van der Waals surface area contributed by atoms with Gasteiger partial charge in [-0.05, 0) is 47.4 Å². The third-order valence-electron chi connectivity index (χ3n) is 6.60. The van der Waals surface area contributed by atoms with Crippen molar-refractivity contribution in [3.05, 3.63) is 78.9 Å². The highest BCUT2D eigenvalue weighted by Crippen LogP contribution is 2.62. The van der Waals surface area contributed by atoms with Crippen LogP contribution in [0.15, 0.2) is 36.4 Å². The second-order valence-corrected chi connectivity index (χ2v) is 8.15. The SMILES string of the molecule is COc1ccc2c(c1[N+](=O)[O-])CC1(C)C(CC2C)c2ccccc2C1O[N+](=O)[O-]. The molecule has 2 aromatic rings. The summed E-state index contributed by atoms with van der Waals surface area (Å²) in [5.74, 6) is 0.228. The predicted molar refractivity (Wildman–Crippen MR) is 104 cm³/mol. The Kier molecular flexibility index (Phi) is 4.44. The maximum atomic E-state index is 11.9. The van der Waals surface area contributed by atoms with Crippen molar-refractivity contribution >= 4 is 5.69 Å². The number of ether oxygens (including phenoxy) is 1. The van der Waals surface area contributed by atoms with E-state index in [-0.39, 0.29) is 29.7 Å².